The number of benzene rings is 1. The average molecular weight is 410 g/mol. The lowest BCUT2D eigenvalue weighted by Gasteiger charge is -2.18. The number of thiophene rings is 1. The third kappa shape index (κ3) is 3.51. The van der Waals surface area contributed by atoms with Crippen LogP contribution in [0.5, 0.6) is 11.5 Å². The first-order valence-corrected chi connectivity index (χ1v) is 10.9. The summed E-state index contributed by atoms with van der Waals surface area (Å²) in [5.41, 5.74) is 9.98. The summed E-state index contributed by atoms with van der Waals surface area (Å²) in [6.07, 6.45) is 6.91. The van der Waals surface area contributed by atoms with Crippen molar-refractivity contribution in [3.8, 4) is 11.5 Å². The SMILES string of the molecule is Nc1c(C(=O)Nc2ccc3c(c2)OCCO3)sc2nc3c(cc12)CCCCCC3. The maximum absolute atomic E-state index is 12.9. The number of nitrogen functional groups attached to an aromatic ring is 1. The average Bonchev–Trinajstić information content (AvgIpc) is 3.03. The van der Waals surface area contributed by atoms with E-state index in [9.17, 15) is 4.79 Å². The largest absolute Gasteiger partial charge is 0.486 e. The number of aromatic nitrogens is 1. The summed E-state index contributed by atoms with van der Waals surface area (Å²) in [5.74, 6) is 1.10. The topological polar surface area (TPSA) is 86.5 Å². The molecule has 1 aliphatic heterocycles. The van der Waals surface area contributed by atoms with Crippen molar-refractivity contribution < 1.29 is 14.3 Å². The van der Waals surface area contributed by atoms with E-state index in [0.717, 1.165) is 28.8 Å². The number of nitrogens with two attached hydrogens (primary N) is 1. The molecule has 3 N–H and O–H groups in total. The molecule has 150 valence electrons. The lowest BCUT2D eigenvalue weighted by molar-refractivity contribution is 0.103. The van der Waals surface area contributed by atoms with Gasteiger partial charge in [0.25, 0.3) is 5.91 Å². The summed E-state index contributed by atoms with van der Waals surface area (Å²) in [6, 6.07) is 7.54. The van der Waals surface area contributed by atoms with Gasteiger partial charge in [0.15, 0.2) is 11.5 Å². The van der Waals surface area contributed by atoms with E-state index in [0.29, 0.717) is 41.0 Å². The predicted molar refractivity (Wildman–Crippen MR) is 115 cm³/mol. The van der Waals surface area contributed by atoms with Crippen LogP contribution in [-0.2, 0) is 12.8 Å². The highest BCUT2D eigenvalue weighted by atomic mass is 32.1. The summed E-state index contributed by atoms with van der Waals surface area (Å²) >= 11 is 1.36. The van der Waals surface area contributed by atoms with Gasteiger partial charge in [-0.1, -0.05) is 12.8 Å². The molecule has 6 nitrogen and oxygen atoms in total. The molecular weight excluding hydrogens is 386 g/mol. The first-order chi connectivity index (χ1) is 14.2. The van der Waals surface area contributed by atoms with Crippen LogP contribution in [0.15, 0.2) is 24.3 Å². The lowest BCUT2D eigenvalue weighted by atomic mass is 9.96. The van der Waals surface area contributed by atoms with Gasteiger partial charge in [-0.2, -0.15) is 0 Å². The van der Waals surface area contributed by atoms with Crippen LogP contribution in [0, 0.1) is 0 Å². The molecule has 5 rings (SSSR count). The number of fused-ring (bicyclic) bond motifs is 3. The van der Waals surface area contributed by atoms with E-state index in [1.807, 2.05) is 0 Å². The third-order valence-electron chi connectivity index (χ3n) is 5.51. The van der Waals surface area contributed by atoms with Gasteiger partial charge >= 0.3 is 0 Å². The highest BCUT2D eigenvalue weighted by Crippen LogP contribution is 2.36. The van der Waals surface area contributed by atoms with Gasteiger partial charge in [-0.15, -0.1) is 11.3 Å². The van der Waals surface area contributed by atoms with E-state index in [-0.39, 0.29) is 5.91 Å². The van der Waals surface area contributed by atoms with Gasteiger partial charge in [0.2, 0.25) is 0 Å². The predicted octanol–water partition coefficient (Wildman–Crippen LogP) is 4.56. The maximum Gasteiger partial charge on any atom is 0.267 e. The summed E-state index contributed by atoms with van der Waals surface area (Å²) in [7, 11) is 0. The van der Waals surface area contributed by atoms with Gasteiger partial charge in [-0.05, 0) is 49.4 Å². The Balaban J connectivity index is 1.45. The molecule has 29 heavy (non-hydrogen) atoms. The number of pyridine rings is 1. The van der Waals surface area contributed by atoms with Crippen molar-refractivity contribution in [2.75, 3.05) is 24.3 Å². The summed E-state index contributed by atoms with van der Waals surface area (Å²) in [5, 5.41) is 3.82. The number of carbonyl (C=O) groups excluding carboxylic acids is 1. The second-order valence-corrected chi connectivity index (χ2v) is 8.52. The fourth-order valence-electron chi connectivity index (χ4n) is 3.99. The van der Waals surface area contributed by atoms with Gasteiger partial charge in [0, 0.05) is 22.8 Å². The fraction of sp³-hybridized carbons (Fsp3) is 0.364. The molecule has 0 saturated heterocycles. The quantitative estimate of drug-likeness (QED) is 0.648. The minimum absolute atomic E-state index is 0.227. The number of rotatable bonds is 2. The van der Waals surface area contributed by atoms with E-state index < -0.39 is 0 Å². The van der Waals surface area contributed by atoms with E-state index in [1.54, 1.807) is 18.2 Å². The fourth-order valence-corrected chi connectivity index (χ4v) is 4.98. The Labute approximate surface area is 173 Å². The standard InChI is InChI=1S/C22H23N3O3S/c23-19-15-11-13-5-3-1-2-4-6-16(13)25-22(15)29-20(19)21(26)24-14-7-8-17-18(12-14)28-10-9-27-17/h7-8,11-12H,1-6,9-10,23H2,(H,24,26). The minimum atomic E-state index is -0.227. The molecule has 7 heteroatoms. The zero-order chi connectivity index (χ0) is 19.8. The molecule has 0 spiro atoms. The number of ether oxygens (including phenoxy) is 2. The van der Waals surface area contributed by atoms with Gasteiger partial charge in [-0.25, -0.2) is 4.98 Å². The van der Waals surface area contributed by atoms with Crippen LogP contribution in [0.1, 0.15) is 46.6 Å². The Hall–Kier alpha value is -2.80. The Morgan fingerprint density at radius 1 is 1.03 bits per heavy atom. The zero-order valence-corrected chi connectivity index (χ0v) is 16.9. The highest BCUT2D eigenvalue weighted by Gasteiger charge is 2.21. The van der Waals surface area contributed by atoms with E-state index in [2.05, 4.69) is 11.4 Å². The van der Waals surface area contributed by atoms with Gasteiger partial charge in [0.1, 0.15) is 22.9 Å². The molecule has 2 aliphatic rings. The van der Waals surface area contributed by atoms with Crippen LogP contribution >= 0.6 is 11.3 Å². The van der Waals surface area contributed by atoms with Crippen LogP contribution in [0.4, 0.5) is 11.4 Å². The second kappa shape index (κ2) is 7.55. The second-order valence-electron chi connectivity index (χ2n) is 7.52. The Morgan fingerprint density at radius 2 is 1.83 bits per heavy atom. The number of carbonyl (C=O) groups is 1. The monoisotopic (exact) mass is 409 g/mol. The molecule has 3 heterocycles. The molecule has 0 atom stereocenters. The van der Waals surface area contributed by atoms with E-state index >= 15 is 0 Å². The normalized spacial score (nSPS) is 16.0. The molecule has 0 radical (unpaired) electrons. The van der Waals surface area contributed by atoms with Gasteiger partial charge < -0.3 is 20.5 Å². The van der Waals surface area contributed by atoms with Crippen molar-refractivity contribution in [2.45, 2.75) is 38.5 Å². The lowest BCUT2D eigenvalue weighted by Crippen LogP contribution is -2.16. The molecule has 0 fully saturated rings. The molecule has 0 unspecified atom stereocenters. The molecular formula is C22H23N3O3S. The molecule has 1 aromatic carbocycles. The van der Waals surface area contributed by atoms with Crippen LogP contribution in [-0.4, -0.2) is 24.1 Å². The first kappa shape index (κ1) is 18.2. The van der Waals surface area contributed by atoms with Crippen molar-refractivity contribution in [1.29, 1.82) is 0 Å². The summed E-state index contributed by atoms with van der Waals surface area (Å²) in [6.45, 7) is 1.04. The van der Waals surface area contributed by atoms with Crippen LogP contribution in [0.25, 0.3) is 10.2 Å². The molecule has 0 bridgehead atoms. The minimum Gasteiger partial charge on any atom is -0.486 e. The molecule has 1 aliphatic carbocycles. The number of aryl methyl sites for hydroxylation is 2. The smallest absolute Gasteiger partial charge is 0.267 e. The Bertz CT molecular complexity index is 1090. The first-order valence-electron chi connectivity index (χ1n) is 10.1. The number of hydrogen-bond donors (Lipinski definition) is 2. The van der Waals surface area contributed by atoms with E-state index in [4.69, 9.17) is 20.2 Å². The molecule has 3 aromatic rings. The van der Waals surface area contributed by atoms with Crippen molar-refractivity contribution in [1.82, 2.24) is 4.98 Å². The number of nitrogens with one attached hydrogen (secondary N) is 1. The van der Waals surface area contributed by atoms with Crippen LogP contribution in [0.2, 0.25) is 0 Å². The van der Waals surface area contributed by atoms with Gasteiger partial charge in [-0.3, -0.25) is 4.79 Å². The molecule has 1 amide bonds. The Morgan fingerprint density at radius 3 is 2.69 bits per heavy atom. The van der Waals surface area contributed by atoms with Crippen LogP contribution < -0.4 is 20.5 Å². The van der Waals surface area contributed by atoms with Crippen molar-refractivity contribution in [3.63, 3.8) is 0 Å². The molecule has 0 saturated carbocycles. The number of amides is 1. The van der Waals surface area contributed by atoms with E-state index in [1.165, 1.54) is 42.6 Å². The third-order valence-corrected chi connectivity index (χ3v) is 6.62. The maximum atomic E-state index is 12.9. The van der Waals surface area contributed by atoms with Crippen molar-refractivity contribution in [3.05, 3.63) is 40.4 Å². The van der Waals surface area contributed by atoms with Gasteiger partial charge in [0.05, 0.1) is 5.69 Å². The van der Waals surface area contributed by atoms with Crippen LogP contribution in [0.3, 0.4) is 0 Å². The summed E-state index contributed by atoms with van der Waals surface area (Å²) < 4.78 is 11.1. The molecule has 2 aromatic heterocycles. The number of nitrogens with zero attached hydrogens (tertiary/aromatic N) is 1. The zero-order valence-electron chi connectivity index (χ0n) is 16.1. The number of anilines is 2. The summed E-state index contributed by atoms with van der Waals surface area (Å²) in [4.78, 5) is 19.1. The van der Waals surface area contributed by atoms with Crippen molar-refractivity contribution >= 4 is 38.8 Å². The highest BCUT2D eigenvalue weighted by molar-refractivity contribution is 7.21. The van der Waals surface area contributed by atoms with Crippen molar-refractivity contribution in [2.24, 2.45) is 0 Å². The Kier molecular flexibility index (Phi) is 4.75. The number of hydrogen-bond acceptors (Lipinski definition) is 6.